The van der Waals surface area contributed by atoms with Gasteiger partial charge in [0.25, 0.3) is 5.91 Å². The lowest BCUT2D eigenvalue weighted by Crippen LogP contribution is -2.50. The molecule has 106 valence electrons. The normalized spacial score (nSPS) is 19.2. The molecule has 7 heteroatoms. The van der Waals surface area contributed by atoms with Crippen LogP contribution in [0.4, 0.5) is 0 Å². The minimum absolute atomic E-state index is 0.144. The number of carbonyl (C=O) groups excluding carboxylic acids is 1. The van der Waals surface area contributed by atoms with Gasteiger partial charge in [-0.05, 0) is 12.1 Å². The van der Waals surface area contributed by atoms with Crippen LogP contribution in [0.5, 0.6) is 0 Å². The maximum Gasteiger partial charge on any atom is 0.276 e. The number of aliphatic hydroxyl groups is 1. The molecule has 0 aliphatic carbocycles. The van der Waals surface area contributed by atoms with E-state index in [9.17, 15) is 9.90 Å². The van der Waals surface area contributed by atoms with Crippen LogP contribution < -0.4 is 0 Å². The van der Waals surface area contributed by atoms with E-state index in [1.165, 1.54) is 12.3 Å². The van der Waals surface area contributed by atoms with Gasteiger partial charge < -0.3 is 23.7 Å². The fourth-order valence-corrected chi connectivity index (χ4v) is 2.13. The number of ether oxygens (including phenoxy) is 1. The van der Waals surface area contributed by atoms with E-state index in [2.05, 4.69) is 5.16 Å². The quantitative estimate of drug-likeness (QED) is 0.892. The zero-order valence-electron chi connectivity index (χ0n) is 10.7. The summed E-state index contributed by atoms with van der Waals surface area (Å²) >= 11 is 0. The van der Waals surface area contributed by atoms with Crippen LogP contribution in [0.1, 0.15) is 10.5 Å². The average Bonchev–Trinajstić information content (AvgIpc) is 3.16. The maximum atomic E-state index is 12.4. The number of hydrogen-bond acceptors (Lipinski definition) is 6. The van der Waals surface area contributed by atoms with Crippen LogP contribution >= 0.6 is 0 Å². The van der Waals surface area contributed by atoms with E-state index in [1.807, 2.05) is 0 Å². The van der Waals surface area contributed by atoms with E-state index in [0.717, 1.165) is 0 Å². The number of morpholine rings is 1. The number of hydrogen-bond donors (Lipinski definition) is 1. The van der Waals surface area contributed by atoms with Crippen LogP contribution in [0, 0.1) is 0 Å². The number of aliphatic hydroxyl groups excluding tert-OH is 1. The summed E-state index contributed by atoms with van der Waals surface area (Å²) in [6.07, 6.45) is 1.52. The van der Waals surface area contributed by atoms with Gasteiger partial charge in [-0.15, -0.1) is 0 Å². The zero-order valence-corrected chi connectivity index (χ0v) is 10.7. The van der Waals surface area contributed by atoms with Gasteiger partial charge in [0.2, 0.25) is 5.76 Å². The van der Waals surface area contributed by atoms with E-state index >= 15 is 0 Å². The van der Waals surface area contributed by atoms with Gasteiger partial charge >= 0.3 is 0 Å². The van der Waals surface area contributed by atoms with Crippen LogP contribution in [-0.4, -0.2) is 53.5 Å². The van der Waals surface area contributed by atoms with E-state index in [4.69, 9.17) is 13.7 Å². The Bertz CT molecular complexity index is 577. The van der Waals surface area contributed by atoms with Crippen molar-refractivity contribution in [2.75, 3.05) is 26.4 Å². The first-order valence-electron chi connectivity index (χ1n) is 6.30. The highest BCUT2D eigenvalue weighted by Gasteiger charge is 2.29. The Balaban J connectivity index is 1.80. The number of aromatic nitrogens is 1. The molecule has 1 aliphatic rings. The molecule has 1 N–H and O–H groups in total. The lowest BCUT2D eigenvalue weighted by molar-refractivity contribution is -0.0188. The average molecular weight is 278 g/mol. The molecule has 0 radical (unpaired) electrons. The van der Waals surface area contributed by atoms with Crippen molar-refractivity contribution in [3.63, 3.8) is 0 Å². The molecule has 1 fully saturated rings. The highest BCUT2D eigenvalue weighted by molar-refractivity contribution is 5.93. The fraction of sp³-hybridized carbons (Fsp3) is 0.385. The molecule has 0 spiro atoms. The summed E-state index contributed by atoms with van der Waals surface area (Å²) in [6.45, 7) is 1.05. The predicted molar refractivity (Wildman–Crippen MR) is 66.9 cm³/mol. The van der Waals surface area contributed by atoms with Crippen molar-refractivity contribution in [2.45, 2.75) is 6.04 Å². The third kappa shape index (κ3) is 2.33. The number of furan rings is 1. The van der Waals surface area contributed by atoms with Crippen LogP contribution in [0.2, 0.25) is 0 Å². The van der Waals surface area contributed by atoms with Crippen molar-refractivity contribution in [3.05, 3.63) is 30.2 Å². The lowest BCUT2D eigenvalue weighted by atomic mass is 10.2. The molecule has 1 atom stereocenters. The summed E-state index contributed by atoms with van der Waals surface area (Å²) in [5.74, 6) is 0.623. The Labute approximate surface area is 114 Å². The molecule has 20 heavy (non-hydrogen) atoms. The summed E-state index contributed by atoms with van der Waals surface area (Å²) in [4.78, 5) is 13.9. The number of amides is 1. The predicted octanol–water partition coefficient (Wildman–Crippen LogP) is 0.768. The van der Waals surface area contributed by atoms with Crippen molar-refractivity contribution >= 4 is 5.91 Å². The van der Waals surface area contributed by atoms with Crippen LogP contribution in [0.15, 0.2) is 33.4 Å². The number of rotatable bonds is 3. The molecule has 0 saturated carbocycles. The minimum atomic E-state index is -0.347. The van der Waals surface area contributed by atoms with Gasteiger partial charge in [0.15, 0.2) is 11.5 Å². The molecule has 3 heterocycles. The molecule has 1 unspecified atom stereocenters. The summed E-state index contributed by atoms with van der Waals surface area (Å²) in [7, 11) is 0. The topological polar surface area (TPSA) is 88.9 Å². The van der Waals surface area contributed by atoms with Crippen molar-refractivity contribution in [1.29, 1.82) is 0 Å². The molecule has 3 rings (SSSR count). The summed E-state index contributed by atoms with van der Waals surface area (Å²) in [5, 5.41) is 13.0. The van der Waals surface area contributed by atoms with Gasteiger partial charge in [-0.1, -0.05) is 5.16 Å². The first-order valence-corrected chi connectivity index (χ1v) is 6.30. The summed E-state index contributed by atoms with van der Waals surface area (Å²) in [6, 6.07) is 4.63. The lowest BCUT2D eigenvalue weighted by Gasteiger charge is -2.33. The zero-order chi connectivity index (χ0) is 13.9. The van der Waals surface area contributed by atoms with Crippen LogP contribution in [0.3, 0.4) is 0 Å². The SMILES string of the molecule is O=C(c1cc(-c2ccco2)on1)N1CCOCC1CO. The van der Waals surface area contributed by atoms with Gasteiger partial charge in [0.05, 0.1) is 32.1 Å². The largest absolute Gasteiger partial charge is 0.461 e. The Morgan fingerprint density at radius 1 is 1.50 bits per heavy atom. The minimum Gasteiger partial charge on any atom is -0.461 e. The highest BCUT2D eigenvalue weighted by atomic mass is 16.5. The van der Waals surface area contributed by atoms with E-state index in [-0.39, 0.29) is 24.2 Å². The van der Waals surface area contributed by atoms with E-state index in [0.29, 0.717) is 31.3 Å². The van der Waals surface area contributed by atoms with Crippen molar-refractivity contribution < 1.29 is 23.6 Å². The summed E-state index contributed by atoms with van der Waals surface area (Å²) in [5.41, 5.74) is 0.191. The van der Waals surface area contributed by atoms with Crippen molar-refractivity contribution in [3.8, 4) is 11.5 Å². The van der Waals surface area contributed by atoms with E-state index < -0.39 is 0 Å². The second-order valence-corrected chi connectivity index (χ2v) is 4.46. The monoisotopic (exact) mass is 278 g/mol. The standard InChI is InChI=1S/C13H14N2O5/c16-7-9-8-18-5-3-15(9)13(17)10-6-12(20-14-10)11-2-1-4-19-11/h1-2,4,6,9,16H,3,5,7-8H2. The molecule has 1 amide bonds. The summed E-state index contributed by atoms with van der Waals surface area (Å²) < 4.78 is 15.5. The second-order valence-electron chi connectivity index (χ2n) is 4.46. The molecule has 2 aromatic rings. The second kappa shape index (κ2) is 5.48. The Morgan fingerprint density at radius 2 is 2.40 bits per heavy atom. The van der Waals surface area contributed by atoms with Gasteiger partial charge in [-0.2, -0.15) is 0 Å². The van der Waals surface area contributed by atoms with Crippen LogP contribution in [-0.2, 0) is 4.74 Å². The molecular weight excluding hydrogens is 264 g/mol. The molecule has 0 bridgehead atoms. The third-order valence-corrected chi connectivity index (χ3v) is 3.19. The van der Waals surface area contributed by atoms with Crippen LogP contribution in [0.25, 0.3) is 11.5 Å². The van der Waals surface area contributed by atoms with Gasteiger partial charge in [0.1, 0.15) is 0 Å². The highest BCUT2D eigenvalue weighted by Crippen LogP contribution is 2.22. The molecule has 7 nitrogen and oxygen atoms in total. The van der Waals surface area contributed by atoms with E-state index in [1.54, 1.807) is 17.0 Å². The molecular formula is C13H14N2O5. The Hall–Kier alpha value is -2.12. The van der Waals surface area contributed by atoms with Gasteiger partial charge in [0, 0.05) is 12.6 Å². The third-order valence-electron chi connectivity index (χ3n) is 3.19. The first-order chi connectivity index (χ1) is 9.79. The van der Waals surface area contributed by atoms with Gasteiger partial charge in [-0.3, -0.25) is 4.79 Å². The smallest absolute Gasteiger partial charge is 0.276 e. The number of carbonyl (C=O) groups is 1. The van der Waals surface area contributed by atoms with Crippen molar-refractivity contribution in [2.24, 2.45) is 0 Å². The Morgan fingerprint density at radius 3 is 3.15 bits per heavy atom. The fourth-order valence-electron chi connectivity index (χ4n) is 2.13. The Kier molecular flexibility index (Phi) is 3.53. The molecule has 0 aromatic carbocycles. The van der Waals surface area contributed by atoms with Crippen molar-refractivity contribution in [1.82, 2.24) is 10.1 Å². The first kappa shape index (κ1) is 12.9. The van der Waals surface area contributed by atoms with Gasteiger partial charge in [-0.25, -0.2) is 0 Å². The molecule has 1 saturated heterocycles. The molecule has 1 aliphatic heterocycles. The maximum absolute atomic E-state index is 12.4. The number of nitrogens with zero attached hydrogens (tertiary/aromatic N) is 2. The molecule has 2 aromatic heterocycles.